The zero-order valence-corrected chi connectivity index (χ0v) is 12.2. The zero-order chi connectivity index (χ0) is 14.2. The molecule has 3 rings (SSSR count). The van der Waals surface area contributed by atoms with Gasteiger partial charge < -0.3 is 0 Å². The van der Waals surface area contributed by atoms with Gasteiger partial charge in [-0.2, -0.15) is 5.10 Å². The SMILES string of the molecule is Cc1ccc(/C=N\NC(=O)[C@@H]2[C@@H]3CCCC[C@@]23C)cc1. The van der Waals surface area contributed by atoms with Crippen molar-refractivity contribution in [2.75, 3.05) is 0 Å². The van der Waals surface area contributed by atoms with Gasteiger partial charge in [-0.25, -0.2) is 5.43 Å². The van der Waals surface area contributed by atoms with Crippen molar-refractivity contribution in [3.05, 3.63) is 35.4 Å². The molecule has 3 atom stereocenters. The largest absolute Gasteiger partial charge is 0.273 e. The predicted octanol–water partition coefficient (Wildman–Crippen LogP) is 3.27. The number of nitrogens with zero attached hydrogens (tertiary/aromatic N) is 1. The van der Waals surface area contributed by atoms with Crippen LogP contribution in [0.15, 0.2) is 29.4 Å². The van der Waals surface area contributed by atoms with Crippen molar-refractivity contribution in [2.24, 2.45) is 22.4 Å². The third kappa shape index (κ3) is 2.37. The molecule has 0 spiro atoms. The lowest BCUT2D eigenvalue weighted by Gasteiger charge is -2.15. The first-order valence-electron chi connectivity index (χ1n) is 7.51. The molecule has 0 bridgehead atoms. The van der Waals surface area contributed by atoms with Crippen LogP contribution in [-0.2, 0) is 4.79 Å². The van der Waals surface area contributed by atoms with Gasteiger partial charge in [0.2, 0.25) is 5.91 Å². The first kappa shape index (κ1) is 13.3. The molecule has 0 heterocycles. The maximum Gasteiger partial charge on any atom is 0.244 e. The topological polar surface area (TPSA) is 41.5 Å². The summed E-state index contributed by atoms with van der Waals surface area (Å²) in [7, 11) is 0. The second-order valence-corrected chi connectivity index (χ2v) is 6.48. The molecule has 0 radical (unpaired) electrons. The van der Waals surface area contributed by atoms with Crippen LogP contribution in [0, 0.1) is 24.2 Å². The van der Waals surface area contributed by atoms with Crippen molar-refractivity contribution in [3.8, 4) is 0 Å². The first-order chi connectivity index (χ1) is 9.61. The summed E-state index contributed by atoms with van der Waals surface area (Å²) in [5.74, 6) is 0.869. The summed E-state index contributed by atoms with van der Waals surface area (Å²) in [6.45, 7) is 4.31. The molecule has 0 aliphatic heterocycles. The highest BCUT2D eigenvalue weighted by atomic mass is 16.2. The molecule has 1 N–H and O–H groups in total. The van der Waals surface area contributed by atoms with Gasteiger partial charge in [-0.3, -0.25) is 4.79 Å². The Morgan fingerprint density at radius 3 is 2.75 bits per heavy atom. The molecular weight excluding hydrogens is 248 g/mol. The fraction of sp³-hybridized carbons (Fsp3) is 0.529. The summed E-state index contributed by atoms with van der Waals surface area (Å²) in [5, 5.41) is 4.10. The third-order valence-electron chi connectivity index (χ3n) is 5.08. The number of aryl methyl sites for hydroxylation is 1. The van der Waals surface area contributed by atoms with E-state index in [1.807, 2.05) is 24.3 Å². The number of hydrazone groups is 1. The van der Waals surface area contributed by atoms with Crippen molar-refractivity contribution in [2.45, 2.75) is 39.5 Å². The minimum absolute atomic E-state index is 0.0998. The van der Waals surface area contributed by atoms with Gasteiger partial charge in [0.25, 0.3) is 0 Å². The maximum atomic E-state index is 12.2. The van der Waals surface area contributed by atoms with E-state index in [0.29, 0.717) is 5.92 Å². The number of rotatable bonds is 3. The average molecular weight is 270 g/mol. The van der Waals surface area contributed by atoms with E-state index in [2.05, 4.69) is 24.4 Å². The lowest BCUT2D eigenvalue weighted by molar-refractivity contribution is -0.123. The molecule has 20 heavy (non-hydrogen) atoms. The Morgan fingerprint density at radius 1 is 1.35 bits per heavy atom. The van der Waals surface area contributed by atoms with Crippen LogP contribution in [0.4, 0.5) is 0 Å². The van der Waals surface area contributed by atoms with Crippen LogP contribution < -0.4 is 5.43 Å². The second kappa shape index (κ2) is 5.04. The van der Waals surface area contributed by atoms with E-state index < -0.39 is 0 Å². The number of benzene rings is 1. The maximum absolute atomic E-state index is 12.2. The van der Waals surface area contributed by atoms with E-state index in [0.717, 1.165) is 5.56 Å². The van der Waals surface area contributed by atoms with Gasteiger partial charge in [-0.1, -0.05) is 49.6 Å². The van der Waals surface area contributed by atoms with Gasteiger partial charge in [0.1, 0.15) is 0 Å². The Kier molecular flexibility index (Phi) is 3.36. The smallest absolute Gasteiger partial charge is 0.244 e. The Balaban J connectivity index is 1.56. The Morgan fingerprint density at radius 2 is 2.10 bits per heavy atom. The Hall–Kier alpha value is -1.64. The molecule has 2 aliphatic carbocycles. The van der Waals surface area contributed by atoms with Gasteiger partial charge in [0.15, 0.2) is 0 Å². The highest BCUT2D eigenvalue weighted by Crippen LogP contribution is 2.66. The lowest BCUT2D eigenvalue weighted by atomic mass is 9.90. The van der Waals surface area contributed by atoms with Crippen LogP contribution in [0.25, 0.3) is 0 Å². The zero-order valence-electron chi connectivity index (χ0n) is 12.2. The molecule has 106 valence electrons. The minimum atomic E-state index is 0.0998. The third-order valence-corrected chi connectivity index (χ3v) is 5.08. The van der Waals surface area contributed by atoms with Gasteiger partial charge >= 0.3 is 0 Å². The molecule has 3 heteroatoms. The number of nitrogens with one attached hydrogen (secondary N) is 1. The highest BCUT2D eigenvalue weighted by Gasteiger charge is 2.64. The summed E-state index contributed by atoms with van der Waals surface area (Å²) in [6.07, 6.45) is 6.65. The molecule has 0 saturated heterocycles. The summed E-state index contributed by atoms with van der Waals surface area (Å²) in [4.78, 5) is 12.2. The van der Waals surface area contributed by atoms with E-state index in [1.54, 1.807) is 6.21 Å². The van der Waals surface area contributed by atoms with E-state index in [9.17, 15) is 4.79 Å². The normalized spacial score (nSPS) is 31.9. The molecular formula is C17H22N2O. The number of amides is 1. The number of carbonyl (C=O) groups excluding carboxylic acids is 1. The molecule has 2 saturated carbocycles. The number of hydrogen-bond acceptors (Lipinski definition) is 2. The van der Waals surface area contributed by atoms with Crippen molar-refractivity contribution < 1.29 is 4.79 Å². The van der Waals surface area contributed by atoms with Gasteiger partial charge in [-0.15, -0.1) is 0 Å². The van der Waals surface area contributed by atoms with Crippen molar-refractivity contribution in [1.29, 1.82) is 0 Å². The fourth-order valence-electron chi connectivity index (χ4n) is 3.74. The van der Waals surface area contributed by atoms with Crippen molar-refractivity contribution in [3.63, 3.8) is 0 Å². The molecule has 1 amide bonds. The summed E-state index contributed by atoms with van der Waals surface area (Å²) in [6, 6.07) is 8.09. The predicted molar refractivity (Wildman–Crippen MR) is 80.5 cm³/mol. The van der Waals surface area contributed by atoms with E-state index >= 15 is 0 Å². The fourth-order valence-corrected chi connectivity index (χ4v) is 3.74. The van der Waals surface area contributed by atoms with Crippen molar-refractivity contribution >= 4 is 12.1 Å². The van der Waals surface area contributed by atoms with Crippen molar-refractivity contribution in [1.82, 2.24) is 5.43 Å². The van der Waals surface area contributed by atoms with Crippen LogP contribution in [-0.4, -0.2) is 12.1 Å². The molecule has 2 aliphatic rings. The summed E-state index contributed by atoms with van der Waals surface area (Å²) in [5.41, 5.74) is 5.20. The van der Waals surface area contributed by atoms with Gasteiger partial charge in [0, 0.05) is 5.92 Å². The monoisotopic (exact) mass is 270 g/mol. The average Bonchev–Trinajstić information content (AvgIpc) is 3.06. The summed E-state index contributed by atoms with van der Waals surface area (Å²) >= 11 is 0. The van der Waals surface area contributed by atoms with Crippen LogP contribution >= 0.6 is 0 Å². The number of hydrogen-bond donors (Lipinski definition) is 1. The minimum Gasteiger partial charge on any atom is -0.273 e. The standard InChI is InChI=1S/C17H22N2O/c1-12-6-8-13(9-7-12)11-18-19-16(20)15-14-5-3-4-10-17(14,15)2/h6-9,11,14-15H,3-5,10H2,1-2H3,(H,19,20)/b18-11-/t14-,15-,17+/m0/s1. The van der Waals surface area contributed by atoms with Crippen LogP contribution in [0.3, 0.4) is 0 Å². The highest BCUT2D eigenvalue weighted by molar-refractivity contribution is 5.85. The Bertz CT molecular complexity index is 534. The van der Waals surface area contributed by atoms with Crippen LogP contribution in [0.5, 0.6) is 0 Å². The Labute approximate surface area is 120 Å². The lowest BCUT2D eigenvalue weighted by Crippen LogP contribution is -2.22. The summed E-state index contributed by atoms with van der Waals surface area (Å²) < 4.78 is 0. The molecule has 0 unspecified atom stereocenters. The van der Waals surface area contributed by atoms with Gasteiger partial charge in [0.05, 0.1) is 6.21 Å². The van der Waals surface area contributed by atoms with Crippen LogP contribution in [0.2, 0.25) is 0 Å². The first-order valence-corrected chi connectivity index (χ1v) is 7.51. The number of fused-ring (bicyclic) bond motifs is 1. The quantitative estimate of drug-likeness (QED) is 0.664. The molecule has 1 aromatic rings. The number of carbonyl (C=O) groups is 1. The van der Waals surface area contributed by atoms with Gasteiger partial charge in [-0.05, 0) is 36.7 Å². The molecule has 1 aromatic carbocycles. The second-order valence-electron chi connectivity index (χ2n) is 6.48. The van der Waals surface area contributed by atoms with E-state index in [-0.39, 0.29) is 17.2 Å². The van der Waals surface area contributed by atoms with E-state index in [1.165, 1.54) is 31.2 Å². The van der Waals surface area contributed by atoms with E-state index in [4.69, 9.17) is 0 Å². The molecule has 2 fully saturated rings. The molecule has 3 nitrogen and oxygen atoms in total. The molecule has 0 aromatic heterocycles. The van der Waals surface area contributed by atoms with Crippen LogP contribution in [0.1, 0.15) is 43.7 Å².